The summed E-state index contributed by atoms with van der Waals surface area (Å²) in [5, 5.41) is 14.8. The summed E-state index contributed by atoms with van der Waals surface area (Å²) < 4.78 is 12.3. The number of thiophene rings is 1. The van der Waals surface area contributed by atoms with Gasteiger partial charge in [0.25, 0.3) is 5.56 Å². The number of nitrogens with zero attached hydrogens (tertiary/aromatic N) is 2. The summed E-state index contributed by atoms with van der Waals surface area (Å²) >= 11 is 1.61. The summed E-state index contributed by atoms with van der Waals surface area (Å²) in [5.41, 5.74) is 1.43. The lowest BCUT2D eigenvalue weighted by Gasteiger charge is -2.15. The molecule has 0 fully saturated rings. The van der Waals surface area contributed by atoms with E-state index < -0.39 is 6.10 Å². The number of aromatic nitrogens is 2. The summed E-state index contributed by atoms with van der Waals surface area (Å²) in [6.07, 6.45) is 3.00. The summed E-state index contributed by atoms with van der Waals surface area (Å²) in [7, 11) is 1.57. The average molecular weight is 413 g/mol. The number of hydrogen-bond acceptors (Lipinski definition) is 6. The third-order valence-electron chi connectivity index (χ3n) is 4.22. The molecule has 0 saturated carbocycles. The molecule has 1 N–H and O–H groups in total. The van der Waals surface area contributed by atoms with Gasteiger partial charge in [0.2, 0.25) is 0 Å². The van der Waals surface area contributed by atoms with Crippen molar-refractivity contribution in [3.05, 3.63) is 69.3 Å². The molecule has 6 nitrogen and oxygen atoms in total. The minimum atomic E-state index is -0.902. The number of hydrogen-bond donors (Lipinski definition) is 1. The molecule has 0 aliphatic heterocycles. The van der Waals surface area contributed by atoms with Gasteiger partial charge in [0.1, 0.15) is 18.4 Å². The molecule has 0 aliphatic rings. The van der Waals surface area contributed by atoms with Crippen molar-refractivity contribution >= 4 is 17.4 Å². The Kier molecular flexibility index (Phi) is 6.85. The van der Waals surface area contributed by atoms with Gasteiger partial charge >= 0.3 is 0 Å². The van der Waals surface area contributed by atoms with Crippen LogP contribution in [-0.4, -0.2) is 34.7 Å². The van der Waals surface area contributed by atoms with Gasteiger partial charge in [-0.3, -0.25) is 4.79 Å². The third kappa shape index (κ3) is 5.34. The Morgan fingerprint density at radius 1 is 1.21 bits per heavy atom. The maximum absolute atomic E-state index is 12.1. The summed E-state index contributed by atoms with van der Waals surface area (Å²) in [5.74, 6) is 1.11. The largest absolute Gasteiger partial charge is 0.493 e. The molecular formula is C22H24N2O4S. The first kappa shape index (κ1) is 20.8. The monoisotopic (exact) mass is 412 g/mol. The van der Waals surface area contributed by atoms with E-state index in [0.29, 0.717) is 17.2 Å². The van der Waals surface area contributed by atoms with Crippen molar-refractivity contribution in [3.8, 4) is 22.1 Å². The van der Waals surface area contributed by atoms with Crippen LogP contribution in [0.5, 0.6) is 11.5 Å². The van der Waals surface area contributed by atoms with Gasteiger partial charge < -0.3 is 14.6 Å². The molecule has 0 spiro atoms. The fourth-order valence-electron chi connectivity index (χ4n) is 2.82. The smallest absolute Gasteiger partial charge is 0.266 e. The van der Waals surface area contributed by atoms with Gasteiger partial charge in [-0.2, -0.15) is 5.10 Å². The topological polar surface area (TPSA) is 73.6 Å². The molecule has 29 heavy (non-hydrogen) atoms. The second kappa shape index (κ2) is 9.54. The molecule has 3 rings (SSSR count). The summed E-state index contributed by atoms with van der Waals surface area (Å²) in [4.78, 5) is 14.3. The zero-order valence-corrected chi connectivity index (χ0v) is 17.5. The Morgan fingerprint density at radius 2 is 2.03 bits per heavy atom. The van der Waals surface area contributed by atoms with Gasteiger partial charge in [0.15, 0.2) is 11.5 Å². The van der Waals surface area contributed by atoms with E-state index in [9.17, 15) is 9.90 Å². The van der Waals surface area contributed by atoms with Crippen molar-refractivity contribution in [2.75, 3.05) is 13.7 Å². The molecule has 7 heteroatoms. The molecule has 0 radical (unpaired) electrons. The fraction of sp³-hybridized carbons (Fsp3) is 0.273. The zero-order chi connectivity index (χ0) is 20.8. The van der Waals surface area contributed by atoms with E-state index in [2.05, 4.69) is 5.10 Å². The van der Waals surface area contributed by atoms with Gasteiger partial charge in [-0.1, -0.05) is 18.2 Å². The van der Waals surface area contributed by atoms with E-state index >= 15 is 0 Å². The highest BCUT2D eigenvalue weighted by atomic mass is 32.1. The Bertz CT molecular complexity index is 1050. The van der Waals surface area contributed by atoms with E-state index in [1.54, 1.807) is 30.6 Å². The van der Waals surface area contributed by atoms with Crippen LogP contribution in [-0.2, 0) is 6.54 Å². The third-order valence-corrected chi connectivity index (χ3v) is 5.24. The minimum absolute atomic E-state index is 0.00970. The van der Waals surface area contributed by atoms with Crippen molar-refractivity contribution in [2.24, 2.45) is 0 Å². The molecule has 3 aromatic rings. The number of ether oxygens (including phenoxy) is 2. The van der Waals surface area contributed by atoms with E-state index in [1.807, 2.05) is 50.3 Å². The quantitative estimate of drug-likeness (QED) is 0.610. The molecule has 2 heterocycles. The predicted molar refractivity (Wildman–Crippen MR) is 116 cm³/mol. The van der Waals surface area contributed by atoms with E-state index in [1.165, 1.54) is 15.6 Å². The van der Waals surface area contributed by atoms with Gasteiger partial charge in [-0.15, -0.1) is 11.3 Å². The van der Waals surface area contributed by atoms with E-state index in [4.69, 9.17) is 9.47 Å². The second-order valence-corrected chi connectivity index (χ2v) is 7.81. The number of rotatable bonds is 8. The van der Waals surface area contributed by atoms with E-state index in [-0.39, 0.29) is 18.7 Å². The van der Waals surface area contributed by atoms with Crippen LogP contribution in [0.25, 0.3) is 16.6 Å². The minimum Gasteiger partial charge on any atom is -0.493 e. The van der Waals surface area contributed by atoms with E-state index in [0.717, 1.165) is 10.4 Å². The normalized spacial score (nSPS) is 12.3. The number of aliphatic hydroxyl groups is 1. The highest BCUT2D eigenvalue weighted by molar-refractivity contribution is 7.15. The molecule has 0 saturated heterocycles. The van der Waals surface area contributed by atoms with Crippen molar-refractivity contribution < 1.29 is 14.6 Å². The number of methoxy groups -OCH3 is 1. The molecule has 0 aliphatic carbocycles. The fourth-order valence-corrected chi connectivity index (χ4v) is 3.65. The second-order valence-electron chi connectivity index (χ2n) is 6.52. The molecular weight excluding hydrogens is 388 g/mol. The van der Waals surface area contributed by atoms with Crippen LogP contribution in [0.4, 0.5) is 0 Å². The Labute approximate surface area is 173 Å². The average Bonchev–Trinajstić information content (AvgIpc) is 3.15. The summed E-state index contributed by atoms with van der Waals surface area (Å²) in [6.45, 7) is 4.01. The lowest BCUT2D eigenvalue weighted by Crippen LogP contribution is -2.31. The lowest BCUT2D eigenvalue weighted by atomic mass is 10.2. The zero-order valence-electron chi connectivity index (χ0n) is 16.7. The van der Waals surface area contributed by atoms with Gasteiger partial charge in [0, 0.05) is 10.9 Å². The van der Waals surface area contributed by atoms with Crippen molar-refractivity contribution in [1.82, 2.24) is 9.78 Å². The Morgan fingerprint density at radius 3 is 2.72 bits per heavy atom. The maximum Gasteiger partial charge on any atom is 0.266 e. The molecule has 2 aromatic heterocycles. The Balaban J connectivity index is 1.68. The first-order chi connectivity index (χ1) is 14.0. The standard InChI is InChI=1S/C22H24N2O4S/c1-4-5-16-7-9-19(20(12-16)27-3)28-14-17(25)13-24-22(26)11-8-18(23-24)21-10-6-15(2)29-21/h4-12,17,25H,13-14H2,1-3H3/b5-4+. The molecule has 1 atom stereocenters. The van der Waals surface area contributed by atoms with Crippen molar-refractivity contribution in [2.45, 2.75) is 26.5 Å². The van der Waals surface area contributed by atoms with Gasteiger partial charge in [-0.05, 0) is 49.7 Å². The van der Waals surface area contributed by atoms with Crippen LogP contribution < -0.4 is 15.0 Å². The Hall–Kier alpha value is -2.90. The summed E-state index contributed by atoms with van der Waals surface area (Å²) in [6, 6.07) is 12.7. The number of aryl methyl sites for hydroxylation is 1. The molecule has 0 bridgehead atoms. The van der Waals surface area contributed by atoms with Crippen LogP contribution in [0.2, 0.25) is 0 Å². The number of aliphatic hydroxyl groups excluding tert-OH is 1. The van der Waals surface area contributed by atoms with Crippen molar-refractivity contribution in [1.29, 1.82) is 0 Å². The van der Waals surface area contributed by atoms with Gasteiger partial charge in [-0.25, -0.2) is 4.68 Å². The highest BCUT2D eigenvalue weighted by Gasteiger charge is 2.13. The molecule has 1 aromatic carbocycles. The van der Waals surface area contributed by atoms with Crippen molar-refractivity contribution in [3.63, 3.8) is 0 Å². The lowest BCUT2D eigenvalue weighted by molar-refractivity contribution is 0.0866. The number of benzene rings is 1. The molecule has 0 amide bonds. The van der Waals surface area contributed by atoms with Gasteiger partial charge in [0.05, 0.1) is 18.5 Å². The van der Waals surface area contributed by atoms with Crippen LogP contribution >= 0.6 is 11.3 Å². The van der Waals surface area contributed by atoms with Crippen LogP contribution in [0.15, 0.2) is 53.3 Å². The SMILES string of the molecule is C/C=C/c1ccc(OCC(O)Cn2nc(-c3ccc(C)s3)ccc2=O)c(OC)c1. The van der Waals surface area contributed by atoms with Crippen LogP contribution in [0.3, 0.4) is 0 Å². The number of allylic oxidation sites excluding steroid dienone is 1. The highest BCUT2D eigenvalue weighted by Crippen LogP contribution is 2.29. The molecule has 152 valence electrons. The predicted octanol–water partition coefficient (Wildman–Crippen LogP) is 3.76. The van der Waals surface area contributed by atoms with Crippen LogP contribution in [0, 0.1) is 6.92 Å². The van der Waals surface area contributed by atoms with Crippen LogP contribution in [0.1, 0.15) is 17.4 Å². The molecule has 1 unspecified atom stereocenters. The maximum atomic E-state index is 12.1. The first-order valence-electron chi connectivity index (χ1n) is 9.26. The first-order valence-corrected chi connectivity index (χ1v) is 10.1.